The Morgan fingerprint density at radius 2 is 1.94 bits per heavy atom. The van der Waals surface area contributed by atoms with Gasteiger partial charge < -0.3 is 4.57 Å². The molecule has 1 aromatic rings. The van der Waals surface area contributed by atoms with E-state index < -0.39 is 13.0 Å². The van der Waals surface area contributed by atoms with Gasteiger partial charge in [0, 0.05) is 0 Å². The van der Waals surface area contributed by atoms with Crippen LogP contribution in [0.1, 0.15) is 5.56 Å². The Labute approximate surface area is 107 Å². The predicted octanol–water partition coefficient (Wildman–Crippen LogP) is 1.57. The van der Waals surface area contributed by atoms with Crippen molar-refractivity contribution in [1.29, 1.82) is 0 Å². The first-order valence-corrected chi connectivity index (χ1v) is 8.45. The summed E-state index contributed by atoms with van der Waals surface area (Å²) < 4.78 is 11.4. The van der Waals surface area contributed by atoms with Crippen molar-refractivity contribution < 1.29 is 14.6 Å². The minimum atomic E-state index is -2.18. The number of carbonyl (C=O) groups excluding carboxylic acids is 1. The van der Waals surface area contributed by atoms with Gasteiger partial charge >= 0.3 is 0 Å². The number of rotatable bonds is 6. The Balaban J connectivity index is 2.36. The normalized spacial score (nSPS) is 11.3. The lowest BCUT2D eigenvalue weighted by atomic mass is 10.1. The summed E-state index contributed by atoms with van der Waals surface area (Å²) in [5.41, 5.74) is 0.846. The molecule has 0 saturated carbocycles. The monoisotopic (exact) mass is 270 g/mol. The zero-order valence-electron chi connectivity index (χ0n) is 10.7. The molecule has 0 spiro atoms. The molecular weight excluding hydrogens is 251 g/mol. The van der Waals surface area contributed by atoms with Crippen molar-refractivity contribution in [3.05, 3.63) is 35.9 Å². The molecule has 0 bridgehead atoms. The van der Waals surface area contributed by atoms with Gasteiger partial charge in [-0.05, 0) is 18.9 Å². The molecule has 2 N–H and O–H groups in total. The average molecular weight is 270 g/mol. The Hall–Kier alpha value is -1.16. The molecule has 0 aliphatic heterocycles. The Kier molecular flexibility index (Phi) is 5.54. The molecule has 1 aromatic carbocycles. The van der Waals surface area contributed by atoms with Gasteiger partial charge in [-0.1, -0.05) is 30.3 Å². The van der Waals surface area contributed by atoms with Crippen molar-refractivity contribution in [3.63, 3.8) is 0 Å². The molecule has 0 aliphatic rings. The third-order valence-corrected chi connectivity index (χ3v) is 3.23. The minimum Gasteiger partial charge on any atom is -0.323 e. The molecular formula is C12H19N2O3P. The first-order chi connectivity index (χ1) is 8.38. The molecule has 0 aromatic heterocycles. The Bertz CT molecular complexity index is 430. The third-order valence-electron chi connectivity index (χ3n) is 2.24. The topological polar surface area (TPSA) is 69.6 Å². The van der Waals surface area contributed by atoms with Crippen LogP contribution in [0.15, 0.2) is 30.3 Å². The molecule has 18 heavy (non-hydrogen) atoms. The van der Waals surface area contributed by atoms with Crippen molar-refractivity contribution in [2.75, 3.05) is 26.3 Å². The number of hydroxylamine groups is 2. The van der Waals surface area contributed by atoms with Crippen LogP contribution in [-0.4, -0.2) is 42.5 Å². The molecule has 1 amide bonds. The minimum absolute atomic E-state index is 0.0165. The van der Waals surface area contributed by atoms with Gasteiger partial charge in [0.1, 0.15) is 0 Å². The maximum Gasteiger partial charge on any atom is 0.251 e. The lowest BCUT2D eigenvalue weighted by Crippen LogP contribution is -2.37. The zero-order chi connectivity index (χ0) is 13.6. The van der Waals surface area contributed by atoms with Crippen molar-refractivity contribution in [3.8, 4) is 0 Å². The van der Waals surface area contributed by atoms with E-state index in [2.05, 4.69) is 5.32 Å². The van der Waals surface area contributed by atoms with E-state index in [0.29, 0.717) is 11.3 Å². The van der Waals surface area contributed by atoms with Crippen LogP contribution in [0, 0.1) is 0 Å². The largest absolute Gasteiger partial charge is 0.323 e. The number of amides is 1. The van der Waals surface area contributed by atoms with E-state index in [1.54, 1.807) is 13.3 Å². The van der Waals surface area contributed by atoms with Crippen LogP contribution in [0.3, 0.4) is 0 Å². The van der Waals surface area contributed by atoms with E-state index in [1.807, 2.05) is 30.3 Å². The highest BCUT2D eigenvalue weighted by molar-refractivity contribution is 7.62. The number of nitrogens with one attached hydrogen (secondary N) is 1. The smallest absolute Gasteiger partial charge is 0.251 e. The fourth-order valence-corrected chi connectivity index (χ4v) is 2.01. The summed E-state index contributed by atoms with van der Waals surface area (Å²) in [6.07, 6.45) is 0.442. The summed E-state index contributed by atoms with van der Waals surface area (Å²) >= 11 is 0. The van der Waals surface area contributed by atoms with Gasteiger partial charge in [-0.15, -0.1) is 0 Å². The molecule has 0 unspecified atom stereocenters. The molecule has 0 radical (unpaired) electrons. The van der Waals surface area contributed by atoms with Gasteiger partial charge in [-0.2, -0.15) is 0 Å². The van der Waals surface area contributed by atoms with Crippen LogP contribution in [0.4, 0.5) is 0 Å². The predicted molar refractivity (Wildman–Crippen MR) is 71.1 cm³/mol. The summed E-state index contributed by atoms with van der Waals surface area (Å²) in [6, 6.07) is 9.20. The lowest BCUT2D eigenvalue weighted by Gasteiger charge is -2.16. The van der Waals surface area contributed by atoms with Crippen LogP contribution in [0.2, 0.25) is 0 Å². The molecule has 0 saturated heterocycles. The summed E-state index contributed by atoms with van der Waals surface area (Å²) in [5, 5.41) is 12.9. The molecule has 1 rings (SSSR count). The van der Waals surface area contributed by atoms with E-state index in [9.17, 15) is 14.6 Å². The number of benzene rings is 1. The van der Waals surface area contributed by atoms with Gasteiger partial charge in [-0.25, -0.2) is 5.06 Å². The fraction of sp³-hybridized carbons (Fsp3) is 0.417. The zero-order valence-corrected chi connectivity index (χ0v) is 11.6. The Morgan fingerprint density at radius 3 is 2.50 bits per heavy atom. The molecule has 6 heteroatoms. The Morgan fingerprint density at radius 1 is 1.33 bits per heavy atom. The second-order valence-electron chi connectivity index (χ2n) is 4.60. The highest BCUT2D eigenvalue weighted by Crippen LogP contribution is 2.33. The maximum absolute atomic E-state index is 11.6. The van der Waals surface area contributed by atoms with E-state index in [4.69, 9.17) is 0 Å². The van der Waals surface area contributed by atoms with Crippen molar-refractivity contribution in [2.24, 2.45) is 0 Å². The molecule has 0 fully saturated rings. The standard InChI is InChI=1S/C12H19N2O3P/c1-18(2,17)10-13-9-14(16)12(15)8-11-6-4-3-5-7-11/h3-7,13,16H,8-10H2,1-2H3. The van der Waals surface area contributed by atoms with Gasteiger partial charge in [0.05, 0.1) is 26.5 Å². The highest BCUT2D eigenvalue weighted by atomic mass is 31.2. The molecule has 100 valence electrons. The summed E-state index contributed by atoms with van der Waals surface area (Å²) in [7, 11) is -2.18. The summed E-state index contributed by atoms with van der Waals surface area (Å²) in [4.78, 5) is 11.6. The lowest BCUT2D eigenvalue weighted by molar-refractivity contribution is -0.165. The van der Waals surface area contributed by atoms with Crippen LogP contribution in [-0.2, 0) is 15.8 Å². The van der Waals surface area contributed by atoms with Gasteiger partial charge in [-0.3, -0.25) is 15.3 Å². The maximum atomic E-state index is 11.6. The second-order valence-corrected chi connectivity index (χ2v) is 8.06. The number of nitrogens with zero attached hydrogens (tertiary/aromatic N) is 1. The third kappa shape index (κ3) is 5.96. The molecule has 0 aliphatic carbocycles. The summed E-state index contributed by atoms with van der Waals surface area (Å²) in [5.74, 6) is -0.393. The number of hydrogen-bond acceptors (Lipinski definition) is 4. The van der Waals surface area contributed by atoms with E-state index >= 15 is 0 Å². The van der Waals surface area contributed by atoms with Crippen molar-refractivity contribution >= 4 is 13.0 Å². The van der Waals surface area contributed by atoms with Crippen LogP contribution >= 0.6 is 7.14 Å². The molecule has 0 heterocycles. The fourth-order valence-electron chi connectivity index (χ4n) is 1.38. The number of carbonyl (C=O) groups is 1. The number of hydrogen-bond donors (Lipinski definition) is 2. The first kappa shape index (κ1) is 14.9. The van der Waals surface area contributed by atoms with Crippen LogP contribution in [0.5, 0.6) is 0 Å². The van der Waals surface area contributed by atoms with Crippen LogP contribution < -0.4 is 5.32 Å². The van der Waals surface area contributed by atoms with Gasteiger partial charge in [0.15, 0.2) is 0 Å². The second kappa shape index (κ2) is 6.69. The van der Waals surface area contributed by atoms with Crippen molar-refractivity contribution in [2.45, 2.75) is 6.42 Å². The SMILES string of the molecule is CP(C)(=O)CNCN(O)C(=O)Cc1ccccc1. The quantitative estimate of drug-likeness (QED) is 0.356. The van der Waals surface area contributed by atoms with Gasteiger partial charge in [0.2, 0.25) is 0 Å². The van der Waals surface area contributed by atoms with E-state index in [0.717, 1.165) is 5.56 Å². The summed E-state index contributed by atoms with van der Waals surface area (Å²) in [6.45, 7) is 3.28. The molecule has 5 nitrogen and oxygen atoms in total. The van der Waals surface area contributed by atoms with E-state index in [-0.39, 0.29) is 13.1 Å². The van der Waals surface area contributed by atoms with E-state index in [1.165, 1.54) is 0 Å². The van der Waals surface area contributed by atoms with Crippen molar-refractivity contribution in [1.82, 2.24) is 10.4 Å². The first-order valence-electron chi connectivity index (χ1n) is 5.66. The average Bonchev–Trinajstić information content (AvgIpc) is 2.28. The van der Waals surface area contributed by atoms with Crippen LogP contribution in [0.25, 0.3) is 0 Å². The molecule has 0 atom stereocenters. The highest BCUT2D eigenvalue weighted by Gasteiger charge is 2.12. The van der Waals surface area contributed by atoms with Gasteiger partial charge in [0.25, 0.3) is 5.91 Å².